The number of hydrogen-bond acceptors (Lipinski definition) is 4. The van der Waals surface area contributed by atoms with E-state index in [9.17, 15) is 0 Å². The molecule has 0 N–H and O–H groups in total. The van der Waals surface area contributed by atoms with Crippen molar-refractivity contribution in [3.63, 3.8) is 0 Å². The van der Waals surface area contributed by atoms with Crippen molar-refractivity contribution in [2.75, 3.05) is 26.2 Å². The van der Waals surface area contributed by atoms with Gasteiger partial charge in [0.05, 0.1) is 0 Å². The number of rotatable bonds is 24. The van der Waals surface area contributed by atoms with E-state index in [1.165, 1.54) is 103 Å². The SMILES string of the molecule is CCCCC(CC)CN(CC(CC)CCCC)C(=S)[S-].CCCCC(CC)CN(CC(CC)CCCC)C(=S)[S-].[Ca+2]. The molecule has 0 spiro atoms. The Morgan fingerprint density at radius 1 is 0.463 bits per heavy atom. The monoisotopic (exact) mass is 672 g/mol. The predicted octanol–water partition coefficient (Wildman–Crippen LogP) is 10.7. The standard InChI is InChI=1S/2C17H35NS2.Ca/c2*1-5-9-11-15(7-3)13-18(17(19)20)14-16(8-4)12-10-6-2;/h2*15-16H,5-14H2,1-4H3,(H,19,20);/q;;+2/p-2. The van der Waals surface area contributed by atoms with Gasteiger partial charge in [-0.1, -0.05) is 141 Å². The second-order valence-electron chi connectivity index (χ2n) is 12.0. The van der Waals surface area contributed by atoms with Crippen LogP contribution in [0.4, 0.5) is 0 Å². The Hall–Kier alpha value is 1.48. The van der Waals surface area contributed by atoms with E-state index < -0.39 is 0 Å². The molecule has 7 heteroatoms. The Morgan fingerprint density at radius 3 is 0.780 bits per heavy atom. The topological polar surface area (TPSA) is 6.48 Å². The zero-order chi connectivity index (χ0) is 30.8. The zero-order valence-corrected chi connectivity index (χ0v) is 34.2. The van der Waals surface area contributed by atoms with E-state index in [0.29, 0.717) is 8.64 Å². The molecule has 0 fully saturated rings. The van der Waals surface area contributed by atoms with Crippen molar-refractivity contribution in [3.8, 4) is 0 Å². The Morgan fingerprint density at radius 2 is 0.659 bits per heavy atom. The second-order valence-corrected chi connectivity index (χ2v) is 14.1. The summed E-state index contributed by atoms with van der Waals surface area (Å²) < 4.78 is 1.35. The summed E-state index contributed by atoms with van der Waals surface area (Å²) in [6.45, 7) is 22.5. The van der Waals surface area contributed by atoms with E-state index in [-0.39, 0.29) is 37.7 Å². The van der Waals surface area contributed by atoms with Crippen LogP contribution in [0.5, 0.6) is 0 Å². The first-order valence-electron chi connectivity index (χ1n) is 17.1. The third-order valence-corrected chi connectivity index (χ3v) is 9.64. The summed E-state index contributed by atoms with van der Waals surface area (Å²) in [4.78, 5) is 4.61. The fraction of sp³-hybridized carbons (Fsp3) is 0.941. The van der Waals surface area contributed by atoms with Crippen LogP contribution in [0.2, 0.25) is 0 Å². The smallest absolute Gasteiger partial charge is 0.411 e. The third-order valence-electron chi connectivity index (χ3n) is 8.60. The van der Waals surface area contributed by atoms with Crippen molar-refractivity contribution in [2.45, 2.75) is 158 Å². The van der Waals surface area contributed by atoms with Crippen molar-refractivity contribution in [1.82, 2.24) is 9.80 Å². The quantitative estimate of drug-likeness (QED) is 0.0568. The molecule has 0 bridgehead atoms. The molecule has 0 aliphatic heterocycles. The molecule has 0 amide bonds. The summed E-state index contributed by atoms with van der Waals surface area (Å²) in [5, 5.41) is 0. The van der Waals surface area contributed by atoms with Crippen LogP contribution < -0.4 is 0 Å². The molecule has 0 rings (SSSR count). The minimum atomic E-state index is 0. The van der Waals surface area contributed by atoms with Crippen molar-refractivity contribution < 1.29 is 0 Å². The summed E-state index contributed by atoms with van der Waals surface area (Å²) in [5.74, 6) is 3.00. The van der Waals surface area contributed by atoms with Crippen molar-refractivity contribution in [1.29, 1.82) is 0 Å². The van der Waals surface area contributed by atoms with Crippen molar-refractivity contribution >= 4 is 96.1 Å². The largest absolute Gasteiger partial charge is 2.00 e. The van der Waals surface area contributed by atoms with Crippen LogP contribution in [0.15, 0.2) is 0 Å². The molecule has 240 valence electrons. The van der Waals surface area contributed by atoms with Gasteiger partial charge in [0.15, 0.2) is 0 Å². The van der Waals surface area contributed by atoms with Gasteiger partial charge in [-0.25, -0.2) is 0 Å². The van der Waals surface area contributed by atoms with Gasteiger partial charge in [0.1, 0.15) is 0 Å². The van der Waals surface area contributed by atoms with E-state index in [4.69, 9.17) is 49.7 Å². The molecule has 0 aliphatic carbocycles. The van der Waals surface area contributed by atoms with E-state index in [2.05, 4.69) is 65.2 Å². The first kappa shape index (κ1) is 46.9. The molecule has 0 aromatic carbocycles. The Labute approximate surface area is 310 Å². The van der Waals surface area contributed by atoms with E-state index in [0.717, 1.165) is 49.9 Å². The van der Waals surface area contributed by atoms with Gasteiger partial charge in [-0.2, -0.15) is 0 Å². The third kappa shape index (κ3) is 26.4. The minimum absolute atomic E-state index is 0. The number of hydrogen-bond donors (Lipinski definition) is 0. The summed E-state index contributed by atoms with van der Waals surface area (Å²) >= 11 is 21.3. The van der Waals surface area contributed by atoms with Crippen LogP contribution in [-0.2, 0) is 25.3 Å². The van der Waals surface area contributed by atoms with Crippen molar-refractivity contribution in [2.24, 2.45) is 23.7 Å². The Balaban J connectivity index is -0.000000688. The van der Waals surface area contributed by atoms with Gasteiger partial charge in [-0.05, 0) is 49.4 Å². The van der Waals surface area contributed by atoms with Crippen LogP contribution in [0.3, 0.4) is 0 Å². The molecule has 41 heavy (non-hydrogen) atoms. The van der Waals surface area contributed by atoms with Gasteiger partial charge in [0.25, 0.3) is 0 Å². The minimum Gasteiger partial charge on any atom is -0.411 e. The average molecular weight is 673 g/mol. The summed E-state index contributed by atoms with van der Waals surface area (Å²) in [5.41, 5.74) is 0. The second kappa shape index (κ2) is 32.9. The van der Waals surface area contributed by atoms with E-state index in [1.54, 1.807) is 0 Å². The molecule has 0 saturated heterocycles. The average Bonchev–Trinajstić information content (AvgIpc) is 2.95. The molecule has 2 nitrogen and oxygen atoms in total. The molecule has 0 saturated carbocycles. The molecule has 0 aromatic heterocycles. The Bertz CT molecular complexity index is 507. The van der Waals surface area contributed by atoms with Gasteiger partial charge in [-0.3, -0.25) is 0 Å². The maximum absolute atomic E-state index is 5.32. The van der Waals surface area contributed by atoms with Gasteiger partial charge >= 0.3 is 37.7 Å². The molecule has 0 aromatic rings. The van der Waals surface area contributed by atoms with E-state index >= 15 is 0 Å². The van der Waals surface area contributed by atoms with Gasteiger partial charge in [0, 0.05) is 26.2 Å². The molecule has 0 heterocycles. The maximum Gasteiger partial charge on any atom is 2.00 e. The fourth-order valence-electron chi connectivity index (χ4n) is 5.36. The van der Waals surface area contributed by atoms with Crippen LogP contribution >= 0.6 is 24.4 Å². The molecule has 0 radical (unpaired) electrons. The van der Waals surface area contributed by atoms with Gasteiger partial charge < -0.3 is 59.5 Å². The number of thiocarbonyl (C=S) groups is 2. The summed E-state index contributed by atoms with van der Waals surface area (Å²) in [6.07, 6.45) is 20.6. The Kier molecular flexibility index (Phi) is 37.6. The molecule has 0 aliphatic rings. The van der Waals surface area contributed by atoms with Crippen LogP contribution in [0.1, 0.15) is 158 Å². The molecule has 4 atom stereocenters. The summed E-state index contributed by atoms with van der Waals surface area (Å²) in [7, 11) is 0. The number of nitrogens with zero attached hydrogens (tertiary/aromatic N) is 2. The fourth-order valence-corrected chi connectivity index (χ4v) is 5.96. The molecular formula is C34H68CaN2S4. The van der Waals surface area contributed by atoms with E-state index in [1.807, 2.05) is 0 Å². The zero-order valence-electron chi connectivity index (χ0n) is 28.7. The first-order valence-corrected chi connectivity index (χ1v) is 18.7. The number of unbranched alkanes of at least 4 members (excludes halogenated alkanes) is 4. The van der Waals surface area contributed by atoms with Gasteiger partial charge in [-0.15, -0.1) is 0 Å². The first-order chi connectivity index (χ1) is 19.2. The molecular weight excluding hydrogens is 605 g/mol. The predicted molar refractivity (Wildman–Crippen MR) is 202 cm³/mol. The van der Waals surface area contributed by atoms with Crippen molar-refractivity contribution in [3.05, 3.63) is 0 Å². The van der Waals surface area contributed by atoms with Crippen LogP contribution in [0, 0.1) is 23.7 Å². The van der Waals surface area contributed by atoms with Gasteiger partial charge in [0.2, 0.25) is 0 Å². The summed E-state index contributed by atoms with van der Waals surface area (Å²) in [6, 6.07) is 0. The van der Waals surface area contributed by atoms with Crippen LogP contribution in [-0.4, -0.2) is 82.4 Å². The normalized spacial score (nSPS) is 13.7. The maximum atomic E-state index is 5.32. The molecule has 4 unspecified atom stereocenters. The van der Waals surface area contributed by atoms with Crippen LogP contribution in [0.25, 0.3) is 0 Å².